The van der Waals surface area contributed by atoms with Crippen molar-refractivity contribution >= 4 is 35.1 Å². The molecule has 0 unspecified atom stereocenters. The van der Waals surface area contributed by atoms with E-state index in [1.54, 1.807) is 0 Å². The quantitative estimate of drug-likeness (QED) is 0.347. The van der Waals surface area contributed by atoms with Gasteiger partial charge in [-0.05, 0) is 45.2 Å². The Bertz CT molecular complexity index is 971. The summed E-state index contributed by atoms with van der Waals surface area (Å²) in [6.07, 6.45) is 8.64. The lowest BCUT2D eigenvalue weighted by Crippen LogP contribution is -1.79. The van der Waals surface area contributed by atoms with Crippen molar-refractivity contribution in [3.63, 3.8) is 0 Å². The first-order chi connectivity index (χ1) is 12.9. The predicted octanol–water partition coefficient (Wildman–Crippen LogP) is 7.18. The Hall–Kier alpha value is -3.38. The highest BCUT2D eigenvalue weighted by Crippen LogP contribution is 2.21. The molecule has 4 aromatic rings. The molecule has 0 saturated heterocycles. The maximum Gasteiger partial charge on any atom is -0.0172 e. The van der Waals surface area contributed by atoms with Crippen molar-refractivity contribution in [1.82, 2.24) is 0 Å². The number of benzene rings is 4. The minimum Gasteiger partial charge on any atom is -0.0622 e. The molecule has 0 aromatic heterocycles. The molecular weight excluding hydrogens is 312 g/mol. The van der Waals surface area contributed by atoms with E-state index in [0.29, 0.717) is 0 Å². The van der Waals surface area contributed by atoms with Crippen molar-refractivity contribution in [2.45, 2.75) is 0 Å². The summed E-state index contributed by atoms with van der Waals surface area (Å²) in [6, 6.07) is 34.0. The summed E-state index contributed by atoms with van der Waals surface area (Å²) in [5.74, 6) is 0. The summed E-state index contributed by atoms with van der Waals surface area (Å²) in [5, 5.41) is 2.52. The fraction of sp³-hybridized carbons (Fsp3) is 0. The lowest BCUT2D eigenvalue weighted by atomic mass is 10.0. The van der Waals surface area contributed by atoms with Gasteiger partial charge >= 0.3 is 0 Å². The van der Waals surface area contributed by atoms with Gasteiger partial charge in [0, 0.05) is 0 Å². The Morgan fingerprint density at radius 3 is 1.23 bits per heavy atom. The number of hydrogen-bond donors (Lipinski definition) is 0. The van der Waals surface area contributed by atoms with Gasteiger partial charge in [-0.2, -0.15) is 0 Å². The van der Waals surface area contributed by atoms with Gasteiger partial charge in [-0.25, -0.2) is 0 Å². The largest absolute Gasteiger partial charge is 0.0622 e. The third kappa shape index (κ3) is 3.99. The molecule has 0 saturated carbocycles. The molecule has 0 radical (unpaired) electrons. The second-order valence-corrected chi connectivity index (χ2v) is 6.35. The molecule has 0 atom stereocenters. The molecule has 0 aliphatic carbocycles. The van der Waals surface area contributed by atoms with Crippen molar-refractivity contribution in [1.29, 1.82) is 0 Å². The van der Waals surface area contributed by atoms with E-state index in [2.05, 4.69) is 109 Å². The van der Waals surface area contributed by atoms with E-state index in [9.17, 15) is 0 Å². The van der Waals surface area contributed by atoms with Crippen molar-refractivity contribution in [3.05, 3.63) is 119 Å². The Morgan fingerprint density at radius 2 is 0.769 bits per heavy atom. The van der Waals surface area contributed by atoms with E-state index >= 15 is 0 Å². The Morgan fingerprint density at radius 1 is 0.346 bits per heavy atom. The molecule has 124 valence electrons. The summed E-state index contributed by atoms with van der Waals surface area (Å²) >= 11 is 0. The van der Waals surface area contributed by atoms with Crippen LogP contribution in [0.1, 0.15) is 22.3 Å². The first-order valence-corrected chi connectivity index (χ1v) is 8.87. The summed E-state index contributed by atoms with van der Waals surface area (Å²) in [7, 11) is 0. The molecule has 0 amide bonds. The molecular formula is C26H20. The molecule has 0 heteroatoms. The van der Waals surface area contributed by atoms with E-state index in [1.807, 2.05) is 12.1 Å². The number of hydrogen-bond acceptors (Lipinski definition) is 0. The SMILES string of the molecule is C(=Cc1ccc2ccc(C=Cc3ccccc3)cc2c1)c1ccccc1. The molecule has 4 aromatic carbocycles. The van der Waals surface area contributed by atoms with Crippen molar-refractivity contribution in [2.75, 3.05) is 0 Å². The Labute approximate surface area is 154 Å². The smallest absolute Gasteiger partial charge is 0.0172 e. The lowest BCUT2D eigenvalue weighted by Gasteiger charge is -2.02. The van der Waals surface area contributed by atoms with Gasteiger partial charge in [-0.1, -0.05) is 109 Å². The molecule has 26 heavy (non-hydrogen) atoms. The topological polar surface area (TPSA) is 0 Å². The highest BCUT2D eigenvalue weighted by molar-refractivity contribution is 5.88. The zero-order valence-electron chi connectivity index (χ0n) is 14.5. The molecule has 0 fully saturated rings. The van der Waals surface area contributed by atoms with E-state index in [1.165, 1.54) is 33.0 Å². The van der Waals surface area contributed by atoms with E-state index in [0.717, 1.165) is 0 Å². The van der Waals surface area contributed by atoms with Crippen molar-refractivity contribution in [2.24, 2.45) is 0 Å². The zero-order chi connectivity index (χ0) is 17.6. The normalized spacial score (nSPS) is 11.5. The summed E-state index contributed by atoms with van der Waals surface area (Å²) in [4.78, 5) is 0. The maximum atomic E-state index is 2.24. The monoisotopic (exact) mass is 332 g/mol. The van der Waals surface area contributed by atoms with Crippen molar-refractivity contribution < 1.29 is 0 Å². The van der Waals surface area contributed by atoms with Crippen LogP contribution in [0.25, 0.3) is 35.1 Å². The highest BCUT2D eigenvalue weighted by Gasteiger charge is 1.96. The van der Waals surface area contributed by atoms with Crippen LogP contribution >= 0.6 is 0 Å². The number of rotatable bonds is 4. The molecule has 0 aliphatic rings. The Balaban J connectivity index is 1.60. The van der Waals surface area contributed by atoms with Gasteiger partial charge in [0.1, 0.15) is 0 Å². The van der Waals surface area contributed by atoms with Gasteiger partial charge in [0.2, 0.25) is 0 Å². The molecule has 0 nitrogen and oxygen atoms in total. The van der Waals surface area contributed by atoms with Crippen LogP contribution in [-0.4, -0.2) is 0 Å². The van der Waals surface area contributed by atoms with Gasteiger partial charge in [0.25, 0.3) is 0 Å². The molecule has 0 aliphatic heterocycles. The van der Waals surface area contributed by atoms with Crippen LogP contribution in [0.15, 0.2) is 97.1 Å². The zero-order valence-corrected chi connectivity index (χ0v) is 14.5. The van der Waals surface area contributed by atoms with Crippen LogP contribution in [0.5, 0.6) is 0 Å². The molecule has 4 rings (SSSR count). The number of fused-ring (bicyclic) bond motifs is 1. The van der Waals surface area contributed by atoms with Crippen molar-refractivity contribution in [3.8, 4) is 0 Å². The second kappa shape index (κ2) is 7.67. The highest BCUT2D eigenvalue weighted by atomic mass is 14.0. The predicted molar refractivity (Wildman–Crippen MR) is 115 cm³/mol. The third-order valence-electron chi connectivity index (χ3n) is 4.42. The van der Waals surface area contributed by atoms with Gasteiger partial charge in [0.05, 0.1) is 0 Å². The van der Waals surface area contributed by atoms with Crippen LogP contribution in [0, 0.1) is 0 Å². The minimum atomic E-state index is 1.21. The van der Waals surface area contributed by atoms with Gasteiger partial charge < -0.3 is 0 Å². The standard InChI is InChI=1S/C26H20/c1-3-7-21(8-4-1)11-13-23-15-17-25-18-16-24(20-26(25)19-23)14-12-22-9-5-2-6-10-22/h1-20H. The second-order valence-electron chi connectivity index (χ2n) is 6.35. The molecule has 0 spiro atoms. The average Bonchev–Trinajstić information content (AvgIpc) is 2.72. The maximum absolute atomic E-state index is 2.24. The van der Waals surface area contributed by atoms with Crippen LogP contribution in [-0.2, 0) is 0 Å². The van der Waals surface area contributed by atoms with Crippen LogP contribution in [0.2, 0.25) is 0 Å². The van der Waals surface area contributed by atoms with Gasteiger partial charge in [-0.3, -0.25) is 0 Å². The molecule has 0 bridgehead atoms. The lowest BCUT2D eigenvalue weighted by molar-refractivity contribution is 1.65. The van der Waals surface area contributed by atoms with E-state index in [4.69, 9.17) is 0 Å². The third-order valence-corrected chi connectivity index (χ3v) is 4.42. The van der Waals surface area contributed by atoms with Gasteiger partial charge in [0.15, 0.2) is 0 Å². The average molecular weight is 332 g/mol. The first-order valence-electron chi connectivity index (χ1n) is 8.87. The molecule has 0 N–H and O–H groups in total. The minimum absolute atomic E-state index is 1.21. The Kier molecular flexibility index (Phi) is 4.75. The molecule has 0 heterocycles. The summed E-state index contributed by atoms with van der Waals surface area (Å²) in [5.41, 5.74) is 4.86. The summed E-state index contributed by atoms with van der Waals surface area (Å²) in [6.45, 7) is 0. The van der Waals surface area contributed by atoms with Gasteiger partial charge in [-0.15, -0.1) is 0 Å². The van der Waals surface area contributed by atoms with E-state index < -0.39 is 0 Å². The summed E-state index contributed by atoms with van der Waals surface area (Å²) < 4.78 is 0. The van der Waals surface area contributed by atoms with E-state index in [-0.39, 0.29) is 0 Å². The van der Waals surface area contributed by atoms with Crippen LogP contribution in [0.4, 0.5) is 0 Å². The first kappa shape index (κ1) is 16.1. The van der Waals surface area contributed by atoms with Crippen LogP contribution in [0.3, 0.4) is 0 Å². The van der Waals surface area contributed by atoms with Crippen LogP contribution < -0.4 is 0 Å². The fourth-order valence-corrected chi connectivity index (χ4v) is 3.00. The fourth-order valence-electron chi connectivity index (χ4n) is 3.00.